The van der Waals surface area contributed by atoms with Crippen LogP contribution in [0.2, 0.25) is 0 Å². The minimum absolute atomic E-state index is 0.101. The number of allylic oxidation sites excluding steroid dienone is 2. The zero-order chi connectivity index (χ0) is 13.1. The quantitative estimate of drug-likeness (QED) is 0.797. The fourth-order valence-electron chi connectivity index (χ4n) is 1.93. The van der Waals surface area contributed by atoms with Crippen molar-refractivity contribution in [1.82, 2.24) is 5.32 Å². The summed E-state index contributed by atoms with van der Waals surface area (Å²) in [6.45, 7) is 2.72. The molecule has 0 atom stereocenters. The maximum Gasteiger partial charge on any atom is 0.209 e. The van der Waals surface area contributed by atoms with Gasteiger partial charge in [-0.2, -0.15) is 0 Å². The fourth-order valence-corrected chi connectivity index (χ4v) is 1.93. The van der Waals surface area contributed by atoms with Crippen molar-refractivity contribution in [3.8, 4) is 5.75 Å². The van der Waals surface area contributed by atoms with Crippen molar-refractivity contribution in [3.63, 3.8) is 0 Å². The zero-order valence-corrected chi connectivity index (χ0v) is 10.2. The molecule has 0 bridgehead atoms. The van der Waals surface area contributed by atoms with Crippen molar-refractivity contribution in [3.05, 3.63) is 41.1 Å². The lowest BCUT2D eigenvalue weighted by molar-refractivity contribution is 0.0976. The molecule has 0 heterocycles. The number of carbonyl (C=O) groups is 2. The SMILES string of the molecule is CCCCNC1=CC(=O)c2c(O)cccc2C1=O. The molecule has 1 aliphatic carbocycles. The number of carbonyl (C=O) groups excluding carboxylic acids is 2. The van der Waals surface area contributed by atoms with E-state index in [1.165, 1.54) is 12.1 Å². The predicted octanol–water partition coefficient (Wildman–Crippen LogP) is 2.04. The first-order valence-electron chi connectivity index (χ1n) is 6.01. The number of fused-ring (bicyclic) bond motifs is 1. The van der Waals surface area contributed by atoms with Crippen molar-refractivity contribution >= 4 is 11.6 Å². The number of rotatable bonds is 4. The summed E-state index contributed by atoms with van der Waals surface area (Å²) in [7, 11) is 0. The summed E-state index contributed by atoms with van der Waals surface area (Å²) in [6.07, 6.45) is 3.21. The average Bonchev–Trinajstić information content (AvgIpc) is 2.35. The van der Waals surface area contributed by atoms with Gasteiger partial charge >= 0.3 is 0 Å². The largest absolute Gasteiger partial charge is 0.507 e. The highest BCUT2D eigenvalue weighted by atomic mass is 16.3. The lowest BCUT2D eigenvalue weighted by Gasteiger charge is -2.17. The molecular formula is C14H15NO3. The number of hydrogen-bond donors (Lipinski definition) is 2. The molecule has 0 aromatic heterocycles. The van der Waals surface area contributed by atoms with E-state index in [1.54, 1.807) is 12.1 Å². The number of aromatic hydroxyl groups is 1. The van der Waals surface area contributed by atoms with Crippen molar-refractivity contribution in [2.24, 2.45) is 0 Å². The van der Waals surface area contributed by atoms with Crippen LogP contribution in [0.1, 0.15) is 40.5 Å². The average molecular weight is 245 g/mol. The summed E-state index contributed by atoms with van der Waals surface area (Å²) in [5.41, 5.74) is 0.677. The van der Waals surface area contributed by atoms with E-state index in [1.807, 2.05) is 0 Å². The molecule has 0 amide bonds. The standard InChI is InChI=1S/C14H15NO3/c1-2-3-7-15-10-8-12(17)13-9(14(10)18)5-4-6-11(13)16/h4-6,8,15-16H,2-3,7H2,1H3. The minimum Gasteiger partial charge on any atom is -0.507 e. The first kappa shape index (κ1) is 12.4. The van der Waals surface area contributed by atoms with E-state index < -0.39 is 0 Å². The highest BCUT2D eigenvalue weighted by Gasteiger charge is 2.27. The van der Waals surface area contributed by atoms with Gasteiger partial charge in [-0.15, -0.1) is 0 Å². The summed E-state index contributed by atoms with van der Waals surface area (Å²) >= 11 is 0. The van der Waals surface area contributed by atoms with E-state index in [4.69, 9.17) is 0 Å². The topological polar surface area (TPSA) is 66.4 Å². The van der Waals surface area contributed by atoms with Gasteiger partial charge in [0.25, 0.3) is 0 Å². The van der Waals surface area contributed by atoms with Crippen LogP contribution in [0.15, 0.2) is 30.0 Å². The highest BCUT2D eigenvalue weighted by Crippen LogP contribution is 2.27. The second kappa shape index (κ2) is 5.04. The number of phenols is 1. The normalized spacial score (nSPS) is 14.2. The van der Waals surface area contributed by atoms with Gasteiger partial charge in [0, 0.05) is 18.2 Å². The molecule has 0 unspecified atom stereocenters. The molecule has 1 aromatic carbocycles. The van der Waals surface area contributed by atoms with Crippen LogP contribution < -0.4 is 5.32 Å². The molecule has 0 saturated carbocycles. The monoisotopic (exact) mass is 245 g/mol. The van der Waals surface area contributed by atoms with Gasteiger partial charge in [0.15, 0.2) is 5.78 Å². The van der Waals surface area contributed by atoms with E-state index in [0.717, 1.165) is 12.8 Å². The number of Topliss-reactive ketones (excluding diaryl/α,β-unsaturated/α-hetero) is 1. The fraction of sp³-hybridized carbons (Fsp3) is 0.286. The Morgan fingerprint density at radius 2 is 2.06 bits per heavy atom. The molecule has 0 spiro atoms. The lowest BCUT2D eigenvalue weighted by atomic mass is 9.92. The molecule has 0 saturated heterocycles. The summed E-state index contributed by atoms with van der Waals surface area (Å²) in [6, 6.07) is 4.53. The number of benzene rings is 1. The van der Waals surface area contributed by atoms with Crippen molar-refractivity contribution in [2.45, 2.75) is 19.8 Å². The van der Waals surface area contributed by atoms with Crippen LogP contribution in [0.25, 0.3) is 0 Å². The molecule has 0 aliphatic heterocycles. The van der Waals surface area contributed by atoms with Crippen molar-refractivity contribution in [2.75, 3.05) is 6.54 Å². The third kappa shape index (κ3) is 2.14. The Morgan fingerprint density at radius 1 is 1.28 bits per heavy atom. The Bertz CT molecular complexity index is 532. The number of hydrogen-bond acceptors (Lipinski definition) is 4. The van der Waals surface area contributed by atoms with Crippen LogP contribution in [-0.4, -0.2) is 23.2 Å². The number of unbranched alkanes of at least 4 members (excludes halogenated alkanes) is 1. The number of phenolic OH excluding ortho intramolecular Hbond substituents is 1. The van der Waals surface area contributed by atoms with E-state index in [2.05, 4.69) is 12.2 Å². The summed E-state index contributed by atoms with van der Waals surface area (Å²) < 4.78 is 0. The Hall–Kier alpha value is -2.10. The molecule has 0 fully saturated rings. The van der Waals surface area contributed by atoms with Crippen molar-refractivity contribution in [1.29, 1.82) is 0 Å². The molecule has 2 rings (SSSR count). The van der Waals surface area contributed by atoms with E-state index in [9.17, 15) is 14.7 Å². The Morgan fingerprint density at radius 3 is 2.78 bits per heavy atom. The van der Waals surface area contributed by atoms with Crippen LogP contribution in [0.3, 0.4) is 0 Å². The van der Waals surface area contributed by atoms with Crippen LogP contribution in [0.5, 0.6) is 5.75 Å². The van der Waals surface area contributed by atoms with Gasteiger partial charge in [-0.1, -0.05) is 19.4 Å². The summed E-state index contributed by atoms with van der Waals surface area (Å²) in [5, 5.41) is 12.6. The Balaban J connectivity index is 2.30. The second-order valence-corrected chi connectivity index (χ2v) is 4.23. The first-order chi connectivity index (χ1) is 8.65. The van der Waals surface area contributed by atoms with E-state index in [-0.39, 0.29) is 28.4 Å². The molecule has 1 aromatic rings. The number of ketones is 2. The van der Waals surface area contributed by atoms with Gasteiger partial charge in [-0.25, -0.2) is 0 Å². The lowest BCUT2D eigenvalue weighted by Crippen LogP contribution is -2.27. The van der Waals surface area contributed by atoms with Gasteiger partial charge in [0.05, 0.1) is 11.3 Å². The third-order valence-corrected chi connectivity index (χ3v) is 2.90. The maximum absolute atomic E-state index is 12.1. The van der Waals surface area contributed by atoms with Gasteiger partial charge in [-0.05, 0) is 18.6 Å². The van der Waals surface area contributed by atoms with Gasteiger partial charge < -0.3 is 10.4 Å². The smallest absolute Gasteiger partial charge is 0.209 e. The third-order valence-electron chi connectivity index (χ3n) is 2.90. The molecule has 18 heavy (non-hydrogen) atoms. The van der Waals surface area contributed by atoms with Gasteiger partial charge in [-0.3, -0.25) is 9.59 Å². The molecule has 4 heteroatoms. The summed E-state index contributed by atoms with van der Waals surface area (Å²) in [5.74, 6) is -0.715. The predicted molar refractivity (Wildman–Crippen MR) is 67.8 cm³/mol. The van der Waals surface area contributed by atoms with Gasteiger partial charge in [0.1, 0.15) is 5.75 Å². The second-order valence-electron chi connectivity index (χ2n) is 4.23. The maximum atomic E-state index is 12.1. The molecular weight excluding hydrogens is 230 g/mol. The number of nitrogens with one attached hydrogen (secondary N) is 1. The van der Waals surface area contributed by atoms with Crippen LogP contribution in [-0.2, 0) is 0 Å². The van der Waals surface area contributed by atoms with E-state index >= 15 is 0 Å². The molecule has 1 aliphatic rings. The molecule has 94 valence electrons. The van der Waals surface area contributed by atoms with Crippen LogP contribution in [0, 0.1) is 0 Å². The molecule has 4 nitrogen and oxygen atoms in total. The van der Waals surface area contributed by atoms with E-state index in [0.29, 0.717) is 12.2 Å². The minimum atomic E-state index is -0.332. The molecule has 2 N–H and O–H groups in total. The van der Waals surface area contributed by atoms with Crippen LogP contribution in [0.4, 0.5) is 0 Å². The van der Waals surface area contributed by atoms with Crippen molar-refractivity contribution < 1.29 is 14.7 Å². The highest BCUT2D eigenvalue weighted by molar-refractivity contribution is 6.25. The molecule has 0 radical (unpaired) electrons. The first-order valence-corrected chi connectivity index (χ1v) is 6.01. The van der Waals surface area contributed by atoms with Gasteiger partial charge in [0.2, 0.25) is 5.78 Å². The Kier molecular flexibility index (Phi) is 3.46. The van der Waals surface area contributed by atoms with Crippen LogP contribution >= 0.6 is 0 Å². The summed E-state index contributed by atoms with van der Waals surface area (Å²) in [4.78, 5) is 24.0. The zero-order valence-electron chi connectivity index (χ0n) is 10.2. The Labute approximate surface area is 105 Å².